The van der Waals surface area contributed by atoms with Crippen LogP contribution in [0.15, 0.2) is 42.5 Å². The summed E-state index contributed by atoms with van der Waals surface area (Å²) in [5.74, 6) is -0.874. The van der Waals surface area contributed by atoms with Crippen molar-refractivity contribution in [3.8, 4) is 11.5 Å². The van der Waals surface area contributed by atoms with Crippen molar-refractivity contribution >= 4 is 23.5 Å². The topological polar surface area (TPSA) is 76.1 Å². The molecule has 1 atom stereocenters. The normalized spacial score (nSPS) is 17.9. The maximum atomic E-state index is 13.3. The van der Waals surface area contributed by atoms with Gasteiger partial charge in [0.1, 0.15) is 0 Å². The first-order valence-corrected chi connectivity index (χ1v) is 10.5. The molecular weight excluding hydrogens is 406 g/mol. The quantitative estimate of drug-likeness (QED) is 0.770. The minimum atomic E-state index is -1.01. The molecule has 1 amide bonds. The molecule has 6 nitrogen and oxygen atoms in total. The average molecular weight is 430 g/mol. The van der Waals surface area contributed by atoms with Crippen LogP contribution >= 0.6 is 11.6 Å². The summed E-state index contributed by atoms with van der Waals surface area (Å²) in [6.07, 6.45) is 1.03. The Morgan fingerprint density at radius 3 is 2.27 bits per heavy atom. The van der Waals surface area contributed by atoms with Crippen molar-refractivity contribution in [3.05, 3.63) is 58.6 Å². The van der Waals surface area contributed by atoms with Crippen LogP contribution in [0.25, 0.3) is 0 Å². The van der Waals surface area contributed by atoms with Crippen molar-refractivity contribution in [1.82, 2.24) is 4.90 Å². The lowest BCUT2D eigenvalue weighted by Crippen LogP contribution is -2.52. The molecular formula is C23H24ClNO5. The van der Waals surface area contributed by atoms with Crippen LogP contribution in [0.5, 0.6) is 11.5 Å². The molecule has 2 aromatic carbocycles. The highest BCUT2D eigenvalue weighted by molar-refractivity contribution is 6.30. The van der Waals surface area contributed by atoms with Crippen LogP contribution < -0.4 is 9.47 Å². The van der Waals surface area contributed by atoms with Gasteiger partial charge in [-0.25, -0.2) is 4.79 Å². The van der Waals surface area contributed by atoms with Gasteiger partial charge in [0, 0.05) is 31.0 Å². The summed E-state index contributed by atoms with van der Waals surface area (Å²) in [6.45, 7) is 5.11. The van der Waals surface area contributed by atoms with Crippen LogP contribution in [0.1, 0.15) is 48.5 Å². The molecule has 1 saturated heterocycles. The van der Waals surface area contributed by atoms with E-state index in [0.29, 0.717) is 42.5 Å². The fraction of sp³-hybridized carbons (Fsp3) is 0.391. The van der Waals surface area contributed by atoms with Crippen LogP contribution in [0.3, 0.4) is 0 Å². The third-order valence-electron chi connectivity index (χ3n) is 5.78. The molecule has 7 heteroatoms. The van der Waals surface area contributed by atoms with Gasteiger partial charge in [-0.2, -0.15) is 0 Å². The summed E-state index contributed by atoms with van der Waals surface area (Å²) in [5, 5.41) is 9.82. The number of ether oxygens (including phenoxy) is 2. The highest BCUT2D eigenvalue weighted by Gasteiger charge is 2.46. The first-order valence-electron chi connectivity index (χ1n) is 10.1. The van der Waals surface area contributed by atoms with Crippen molar-refractivity contribution in [2.24, 2.45) is 5.92 Å². The van der Waals surface area contributed by atoms with E-state index in [0.717, 1.165) is 5.56 Å². The summed E-state index contributed by atoms with van der Waals surface area (Å²) in [5.41, 5.74) is 1.12. The molecule has 2 aliphatic rings. The molecule has 0 aromatic heterocycles. The number of aromatic carboxylic acids is 1. The molecule has 0 unspecified atom stereocenters. The largest absolute Gasteiger partial charge is 0.478 e. The Balaban J connectivity index is 1.45. The van der Waals surface area contributed by atoms with Crippen molar-refractivity contribution in [3.63, 3.8) is 0 Å². The lowest BCUT2D eigenvalue weighted by molar-refractivity contribution is -0.148. The van der Waals surface area contributed by atoms with Crippen molar-refractivity contribution in [1.29, 1.82) is 0 Å². The van der Waals surface area contributed by atoms with E-state index in [9.17, 15) is 14.7 Å². The zero-order valence-corrected chi connectivity index (χ0v) is 17.7. The van der Waals surface area contributed by atoms with E-state index in [-0.39, 0.29) is 23.3 Å². The van der Waals surface area contributed by atoms with Crippen LogP contribution in [0.4, 0.5) is 0 Å². The first-order chi connectivity index (χ1) is 14.3. The highest BCUT2D eigenvalue weighted by Crippen LogP contribution is 2.44. The Morgan fingerprint density at radius 1 is 1.03 bits per heavy atom. The van der Waals surface area contributed by atoms with Gasteiger partial charge >= 0.3 is 5.97 Å². The number of rotatable bonds is 4. The number of halogens is 1. The number of hydrogen-bond acceptors (Lipinski definition) is 4. The predicted octanol–water partition coefficient (Wildman–Crippen LogP) is 4.57. The van der Waals surface area contributed by atoms with Gasteiger partial charge in [0.15, 0.2) is 11.5 Å². The van der Waals surface area contributed by atoms with Gasteiger partial charge in [0.05, 0.1) is 11.5 Å². The average Bonchev–Trinajstić information content (AvgIpc) is 3.06. The van der Waals surface area contributed by atoms with Crippen molar-refractivity contribution in [2.45, 2.75) is 38.4 Å². The zero-order valence-electron chi connectivity index (χ0n) is 16.9. The lowest BCUT2D eigenvalue weighted by Gasteiger charge is -2.39. The minimum absolute atomic E-state index is 0.0887. The molecule has 0 aliphatic carbocycles. The standard InChI is InChI=1S/C23H24ClNO5/c1-14(2)20(15-3-6-17(24)7-4-15)21(26)25-11-9-23(10-12-25)29-18-8-5-16(22(27)28)13-19(18)30-23/h3-8,13-14,20H,9-12H2,1-2H3,(H,27,28)/t20-/m0/s1. The molecule has 158 valence electrons. The van der Waals surface area contributed by atoms with Gasteiger partial charge in [-0.15, -0.1) is 0 Å². The van der Waals surface area contributed by atoms with Crippen LogP contribution in [0.2, 0.25) is 5.02 Å². The first kappa shape index (κ1) is 20.5. The maximum Gasteiger partial charge on any atom is 0.335 e. The molecule has 1 fully saturated rings. The molecule has 2 aliphatic heterocycles. The number of nitrogens with zero attached hydrogens (tertiary/aromatic N) is 1. The molecule has 1 spiro atoms. The van der Waals surface area contributed by atoms with E-state index in [1.807, 2.05) is 43.0 Å². The van der Waals surface area contributed by atoms with Crippen LogP contribution in [-0.4, -0.2) is 40.8 Å². The lowest BCUT2D eigenvalue weighted by atomic mass is 9.86. The van der Waals surface area contributed by atoms with Gasteiger partial charge in [-0.1, -0.05) is 37.6 Å². The van der Waals surface area contributed by atoms with Crippen molar-refractivity contribution in [2.75, 3.05) is 13.1 Å². The van der Waals surface area contributed by atoms with Gasteiger partial charge in [0.2, 0.25) is 5.91 Å². The molecule has 1 N–H and O–H groups in total. The van der Waals surface area contributed by atoms with E-state index in [2.05, 4.69) is 0 Å². The number of likely N-dealkylation sites (tertiary alicyclic amines) is 1. The van der Waals surface area contributed by atoms with Gasteiger partial charge in [-0.3, -0.25) is 4.79 Å². The number of carboxylic acid groups (broad SMARTS) is 1. The van der Waals surface area contributed by atoms with Crippen LogP contribution in [-0.2, 0) is 4.79 Å². The third kappa shape index (κ3) is 3.84. The summed E-state index contributed by atoms with van der Waals surface area (Å²) < 4.78 is 12.1. The van der Waals surface area contributed by atoms with Crippen molar-refractivity contribution < 1.29 is 24.2 Å². The molecule has 0 radical (unpaired) electrons. The summed E-state index contributed by atoms with van der Waals surface area (Å²) in [6, 6.07) is 12.1. The van der Waals surface area contributed by atoms with E-state index in [4.69, 9.17) is 21.1 Å². The number of carbonyl (C=O) groups excluding carboxylic acids is 1. The Hall–Kier alpha value is -2.73. The van der Waals surface area contributed by atoms with E-state index >= 15 is 0 Å². The zero-order chi connectivity index (χ0) is 21.5. The van der Waals surface area contributed by atoms with Gasteiger partial charge in [-0.05, 0) is 41.8 Å². The Kier molecular flexibility index (Phi) is 5.36. The Bertz CT molecular complexity index is 964. The second-order valence-corrected chi connectivity index (χ2v) is 8.62. The Morgan fingerprint density at radius 2 is 1.67 bits per heavy atom. The van der Waals surface area contributed by atoms with Gasteiger partial charge in [0.25, 0.3) is 5.79 Å². The smallest absolute Gasteiger partial charge is 0.335 e. The van der Waals surface area contributed by atoms with E-state index in [1.165, 1.54) is 12.1 Å². The molecule has 30 heavy (non-hydrogen) atoms. The summed E-state index contributed by atoms with van der Waals surface area (Å²) >= 11 is 6.00. The van der Waals surface area contributed by atoms with E-state index < -0.39 is 11.8 Å². The Labute approximate surface area is 180 Å². The summed E-state index contributed by atoms with van der Waals surface area (Å²) in [7, 11) is 0. The highest BCUT2D eigenvalue weighted by atomic mass is 35.5. The number of carbonyl (C=O) groups is 2. The minimum Gasteiger partial charge on any atom is -0.478 e. The fourth-order valence-corrected chi connectivity index (χ4v) is 4.30. The fourth-order valence-electron chi connectivity index (χ4n) is 4.18. The second-order valence-electron chi connectivity index (χ2n) is 8.18. The number of benzene rings is 2. The SMILES string of the molecule is CC(C)[C@H](C(=O)N1CCC2(CC1)Oc1ccc(C(=O)O)cc1O2)c1ccc(Cl)cc1. The van der Waals surface area contributed by atoms with Crippen LogP contribution in [0, 0.1) is 5.92 Å². The molecule has 0 bridgehead atoms. The number of hydrogen-bond donors (Lipinski definition) is 1. The molecule has 2 heterocycles. The number of amides is 1. The van der Waals surface area contributed by atoms with Gasteiger partial charge < -0.3 is 19.5 Å². The summed E-state index contributed by atoms with van der Waals surface area (Å²) in [4.78, 5) is 26.4. The molecule has 2 aromatic rings. The molecule has 0 saturated carbocycles. The van der Waals surface area contributed by atoms with E-state index in [1.54, 1.807) is 6.07 Å². The number of fused-ring (bicyclic) bond motifs is 1. The second kappa shape index (κ2) is 7.84. The maximum absolute atomic E-state index is 13.3. The predicted molar refractivity (Wildman–Crippen MR) is 112 cm³/mol. The molecule has 4 rings (SSSR count). The monoisotopic (exact) mass is 429 g/mol. The third-order valence-corrected chi connectivity index (χ3v) is 6.03. The number of carboxylic acids is 1. The number of piperidine rings is 1.